The highest BCUT2D eigenvalue weighted by Crippen LogP contribution is 2.27. The van der Waals surface area contributed by atoms with Gasteiger partial charge in [-0.05, 0) is 54.0 Å². The van der Waals surface area contributed by atoms with Gasteiger partial charge in [0.25, 0.3) is 0 Å². The molecule has 0 N–H and O–H groups in total. The summed E-state index contributed by atoms with van der Waals surface area (Å²) in [6.45, 7) is 17.9. The van der Waals surface area contributed by atoms with Crippen LogP contribution in [-0.2, 0) is 0 Å². The Bertz CT molecular complexity index is 779. The molecule has 0 bridgehead atoms. The van der Waals surface area contributed by atoms with E-state index in [-0.39, 0.29) is 0 Å². The van der Waals surface area contributed by atoms with Crippen LogP contribution in [0, 0.1) is 22.9 Å². The standard InChI is InChI=1S/C30H48Si2/c1-8-19-31(20-9-2,21-10-3)25-17-29-16-15-28(14-7)27-30(29)18-26-32(22-11-4,23-12-5)24-13-6/h14-16,27H,7-13,19-24H2,1-6H3. The zero-order valence-corrected chi connectivity index (χ0v) is 24.0. The zero-order chi connectivity index (χ0) is 23.9. The molecular weight excluding hydrogens is 417 g/mol. The van der Waals surface area contributed by atoms with Crippen molar-refractivity contribution in [3.63, 3.8) is 0 Å². The summed E-state index contributed by atoms with van der Waals surface area (Å²) in [6, 6.07) is 14.5. The van der Waals surface area contributed by atoms with Crippen molar-refractivity contribution in [2.24, 2.45) is 0 Å². The Hall–Kier alpha value is -1.49. The third kappa shape index (κ3) is 8.80. The molecule has 2 heteroatoms. The van der Waals surface area contributed by atoms with Gasteiger partial charge >= 0.3 is 0 Å². The summed E-state index contributed by atoms with van der Waals surface area (Å²) in [7, 11) is -3.09. The van der Waals surface area contributed by atoms with Gasteiger partial charge in [0.15, 0.2) is 0 Å². The van der Waals surface area contributed by atoms with E-state index in [1.165, 1.54) is 74.8 Å². The van der Waals surface area contributed by atoms with Gasteiger partial charge in [-0.25, -0.2) is 0 Å². The molecule has 0 atom stereocenters. The van der Waals surface area contributed by atoms with Gasteiger partial charge in [0.2, 0.25) is 0 Å². The molecule has 0 fully saturated rings. The van der Waals surface area contributed by atoms with E-state index in [1.54, 1.807) is 0 Å². The zero-order valence-electron chi connectivity index (χ0n) is 22.0. The van der Waals surface area contributed by atoms with Gasteiger partial charge < -0.3 is 0 Å². The minimum Gasteiger partial charge on any atom is -0.126 e. The van der Waals surface area contributed by atoms with Crippen LogP contribution in [-0.4, -0.2) is 16.1 Å². The first kappa shape index (κ1) is 28.5. The maximum atomic E-state index is 3.99. The molecule has 0 spiro atoms. The van der Waals surface area contributed by atoms with E-state index in [0.29, 0.717) is 0 Å². The minimum atomic E-state index is -1.55. The second kappa shape index (κ2) is 15.4. The van der Waals surface area contributed by atoms with Crippen molar-refractivity contribution in [1.82, 2.24) is 0 Å². The summed E-state index contributed by atoms with van der Waals surface area (Å²) in [4.78, 5) is 0. The van der Waals surface area contributed by atoms with E-state index in [0.717, 1.165) is 16.7 Å². The maximum Gasteiger partial charge on any atom is 0.138 e. The first-order valence-electron chi connectivity index (χ1n) is 13.3. The van der Waals surface area contributed by atoms with Gasteiger partial charge in [-0.1, -0.05) is 111 Å². The van der Waals surface area contributed by atoms with Crippen molar-refractivity contribution >= 4 is 22.2 Å². The van der Waals surface area contributed by atoms with Crippen LogP contribution in [0.1, 0.15) is 96.8 Å². The van der Waals surface area contributed by atoms with Gasteiger partial charge in [0, 0.05) is 11.1 Å². The van der Waals surface area contributed by atoms with Crippen molar-refractivity contribution in [3.05, 3.63) is 41.5 Å². The highest BCUT2D eigenvalue weighted by Gasteiger charge is 2.29. The summed E-state index contributed by atoms with van der Waals surface area (Å²) in [6.07, 6.45) is 9.44. The normalized spacial score (nSPS) is 11.3. The van der Waals surface area contributed by atoms with E-state index >= 15 is 0 Å². The van der Waals surface area contributed by atoms with Crippen molar-refractivity contribution in [2.75, 3.05) is 0 Å². The smallest absolute Gasteiger partial charge is 0.126 e. The number of hydrogen-bond acceptors (Lipinski definition) is 0. The number of benzene rings is 1. The van der Waals surface area contributed by atoms with Crippen LogP contribution in [0.3, 0.4) is 0 Å². The van der Waals surface area contributed by atoms with Crippen LogP contribution in [0.5, 0.6) is 0 Å². The maximum absolute atomic E-state index is 3.99. The van der Waals surface area contributed by atoms with E-state index < -0.39 is 16.1 Å². The molecule has 0 amide bonds. The molecule has 0 heterocycles. The number of hydrogen-bond donors (Lipinski definition) is 0. The van der Waals surface area contributed by atoms with Crippen LogP contribution in [0.25, 0.3) is 6.08 Å². The van der Waals surface area contributed by atoms with Crippen LogP contribution >= 0.6 is 0 Å². The summed E-state index contributed by atoms with van der Waals surface area (Å²) >= 11 is 0. The van der Waals surface area contributed by atoms with Crippen LogP contribution in [0.15, 0.2) is 24.8 Å². The van der Waals surface area contributed by atoms with Crippen molar-refractivity contribution < 1.29 is 0 Å². The molecule has 1 aromatic rings. The Morgan fingerprint density at radius 2 is 1.00 bits per heavy atom. The Kier molecular flexibility index (Phi) is 13.7. The molecular formula is C30H48Si2. The fourth-order valence-electron chi connectivity index (χ4n) is 5.30. The summed E-state index contributed by atoms with van der Waals surface area (Å²) in [5, 5.41) is 0. The fraction of sp³-hybridized carbons (Fsp3) is 0.600. The van der Waals surface area contributed by atoms with Gasteiger partial charge in [0.05, 0.1) is 0 Å². The molecule has 0 nitrogen and oxygen atoms in total. The van der Waals surface area contributed by atoms with Crippen LogP contribution in [0.2, 0.25) is 36.3 Å². The third-order valence-corrected chi connectivity index (χ3v) is 16.6. The highest BCUT2D eigenvalue weighted by atomic mass is 28.3. The van der Waals surface area contributed by atoms with Gasteiger partial charge in [-0.3, -0.25) is 0 Å². The molecule has 1 rings (SSSR count). The molecule has 32 heavy (non-hydrogen) atoms. The molecule has 0 saturated heterocycles. The largest absolute Gasteiger partial charge is 0.138 e. The predicted octanol–water partition coefficient (Wildman–Crippen LogP) is 9.47. The van der Waals surface area contributed by atoms with E-state index in [4.69, 9.17) is 0 Å². The Balaban J connectivity index is 3.53. The molecule has 0 aromatic heterocycles. The average molecular weight is 465 g/mol. The molecule has 176 valence electrons. The van der Waals surface area contributed by atoms with Gasteiger partial charge in [0.1, 0.15) is 16.1 Å². The van der Waals surface area contributed by atoms with Crippen molar-refractivity contribution in [2.45, 2.75) is 116 Å². The SMILES string of the molecule is C=Cc1ccc(C#C[Si](CCC)(CCC)CCC)c(C#C[Si](CCC)(CCC)CCC)c1. The Morgan fingerprint density at radius 1 is 0.625 bits per heavy atom. The quantitative estimate of drug-likeness (QED) is 0.201. The summed E-state index contributed by atoms with van der Waals surface area (Å²) in [5.41, 5.74) is 11.2. The summed E-state index contributed by atoms with van der Waals surface area (Å²) in [5.74, 6) is 7.38. The number of rotatable bonds is 13. The monoisotopic (exact) mass is 464 g/mol. The van der Waals surface area contributed by atoms with E-state index in [1.807, 2.05) is 6.08 Å². The second-order valence-corrected chi connectivity index (χ2v) is 18.2. The fourth-order valence-corrected chi connectivity index (χ4v) is 14.1. The van der Waals surface area contributed by atoms with Crippen molar-refractivity contribution in [3.8, 4) is 22.9 Å². The first-order valence-corrected chi connectivity index (χ1v) is 18.5. The van der Waals surface area contributed by atoms with Crippen LogP contribution < -0.4 is 0 Å². The van der Waals surface area contributed by atoms with E-state index in [2.05, 4.69) is 89.2 Å². The van der Waals surface area contributed by atoms with Crippen molar-refractivity contribution in [1.29, 1.82) is 0 Å². The lowest BCUT2D eigenvalue weighted by Crippen LogP contribution is -2.32. The lowest BCUT2D eigenvalue weighted by atomic mass is 10.1. The highest BCUT2D eigenvalue weighted by molar-refractivity contribution is 6.87. The molecule has 0 radical (unpaired) electrons. The molecule has 0 aliphatic carbocycles. The molecule has 0 aliphatic rings. The van der Waals surface area contributed by atoms with Gasteiger partial charge in [-0.2, -0.15) is 0 Å². The van der Waals surface area contributed by atoms with E-state index in [9.17, 15) is 0 Å². The van der Waals surface area contributed by atoms with Crippen LogP contribution in [0.4, 0.5) is 0 Å². The Morgan fingerprint density at radius 3 is 1.34 bits per heavy atom. The second-order valence-electron chi connectivity index (χ2n) is 9.57. The topological polar surface area (TPSA) is 0 Å². The lowest BCUT2D eigenvalue weighted by Gasteiger charge is -2.25. The molecule has 0 saturated carbocycles. The lowest BCUT2D eigenvalue weighted by molar-refractivity contribution is 0.940. The molecule has 0 aliphatic heterocycles. The van der Waals surface area contributed by atoms with Gasteiger partial charge in [-0.15, -0.1) is 11.1 Å². The predicted molar refractivity (Wildman–Crippen MR) is 152 cm³/mol. The molecule has 0 unspecified atom stereocenters. The first-order chi connectivity index (χ1) is 15.5. The average Bonchev–Trinajstić information content (AvgIpc) is 2.77. The summed E-state index contributed by atoms with van der Waals surface area (Å²) < 4.78 is 0. The Labute approximate surface area is 202 Å². The minimum absolute atomic E-state index is 1.13. The third-order valence-electron chi connectivity index (χ3n) is 6.58. The molecule has 1 aromatic carbocycles.